The summed E-state index contributed by atoms with van der Waals surface area (Å²) in [6, 6.07) is 0.401. The Morgan fingerprint density at radius 3 is 2.94 bits per heavy atom. The normalized spacial score (nSPS) is 25.1. The van der Waals surface area contributed by atoms with E-state index in [-0.39, 0.29) is 0 Å². The summed E-state index contributed by atoms with van der Waals surface area (Å²) in [5.74, 6) is 1.66. The fourth-order valence-corrected chi connectivity index (χ4v) is 2.67. The molecular weight excluding hydrogens is 212 g/mol. The van der Waals surface area contributed by atoms with E-state index in [1.807, 2.05) is 20.0 Å². The Kier molecular flexibility index (Phi) is 3.62. The molecule has 0 saturated carbocycles. The molecule has 1 aromatic heterocycles. The van der Waals surface area contributed by atoms with Crippen LogP contribution in [0.15, 0.2) is 6.20 Å². The van der Waals surface area contributed by atoms with Crippen LogP contribution in [0.1, 0.15) is 31.2 Å². The second-order valence-electron chi connectivity index (χ2n) is 5.04. The zero-order valence-electron chi connectivity index (χ0n) is 11.0. The topological polar surface area (TPSA) is 55.0 Å². The SMILES string of the molecule is Cc1cnc(C)c(N2CCCC(C)C2CN)n1. The van der Waals surface area contributed by atoms with Crippen LogP contribution in [0.3, 0.4) is 0 Å². The highest BCUT2D eigenvalue weighted by Gasteiger charge is 2.29. The average Bonchev–Trinajstić information content (AvgIpc) is 2.32. The number of rotatable bonds is 2. The van der Waals surface area contributed by atoms with Crippen LogP contribution in [-0.2, 0) is 0 Å². The van der Waals surface area contributed by atoms with Crippen molar-refractivity contribution < 1.29 is 0 Å². The maximum absolute atomic E-state index is 5.92. The minimum Gasteiger partial charge on any atom is -0.351 e. The van der Waals surface area contributed by atoms with Gasteiger partial charge in [-0.15, -0.1) is 0 Å². The molecular formula is C13H22N4. The van der Waals surface area contributed by atoms with Crippen LogP contribution in [0.4, 0.5) is 5.82 Å². The molecule has 0 amide bonds. The molecule has 2 rings (SSSR count). The number of aryl methyl sites for hydroxylation is 2. The van der Waals surface area contributed by atoms with Gasteiger partial charge >= 0.3 is 0 Å². The van der Waals surface area contributed by atoms with Gasteiger partial charge in [0.2, 0.25) is 0 Å². The molecule has 0 radical (unpaired) electrons. The maximum Gasteiger partial charge on any atom is 0.150 e. The van der Waals surface area contributed by atoms with Gasteiger partial charge < -0.3 is 10.6 Å². The van der Waals surface area contributed by atoms with Crippen molar-refractivity contribution in [2.75, 3.05) is 18.0 Å². The van der Waals surface area contributed by atoms with Crippen molar-refractivity contribution in [3.8, 4) is 0 Å². The average molecular weight is 234 g/mol. The van der Waals surface area contributed by atoms with Gasteiger partial charge in [-0.25, -0.2) is 4.98 Å². The van der Waals surface area contributed by atoms with Crippen LogP contribution >= 0.6 is 0 Å². The van der Waals surface area contributed by atoms with Crippen molar-refractivity contribution in [2.45, 2.75) is 39.7 Å². The standard InChI is InChI=1S/C13H22N4/c1-9-5-4-6-17(12(9)7-14)13-11(3)15-8-10(2)16-13/h8-9,12H,4-7,14H2,1-3H3. The Morgan fingerprint density at radius 1 is 1.47 bits per heavy atom. The van der Waals surface area contributed by atoms with Crippen LogP contribution in [0.2, 0.25) is 0 Å². The quantitative estimate of drug-likeness (QED) is 0.845. The van der Waals surface area contributed by atoms with Crippen molar-refractivity contribution in [3.63, 3.8) is 0 Å². The zero-order valence-corrected chi connectivity index (χ0v) is 11.0. The molecule has 2 heterocycles. The Morgan fingerprint density at radius 2 is 2.24 bits per heavy atom. The van der Waals surface area contributed by atoms with Gasteiger partial charge in [-0.05, 0) is 32.6 Å². The molecule has 1 aliphatic rings. The highest BCUT2D eigenvalue weighted by molar-refractivity contribution is 5.45. The first-order valence-electron chi connectivity index (χ1n) is 6.40. The molecule has 1 saturated heterocycles. The lowest BCUT2D eigenvalue weighted by atomic mass is 9.90. The molecule has 0 aromatic carbocycles. The van der Waals surface area contributed by atoms with Crippen molar-refractivity contribution in [2.24, 2.45) is 11.7 Å². The highest BCUT2D eigenvalue weighted by atomic mass is 15.2. The third kappa shape index (κ3) is 2.41. The first-order valence-corrected chi connectivity index (χ1v) is 6.40. The highest BCUT2D eigenvalue weighted by Crippen LogP contribution is 2.28. The first kappa shape index (κ1) is 12.3. The summed E-state index contributed by atoms with van der Waals surface area (Å²) in [7, 11) is 0. The van der Waals surface area contributed by atoms with Crippen LogP contribution in [0, 0.1) is 19.8 Å². The lowest BCUT2D eigenvalue weighted by molar-refractivity contribution is 0.347. The summed E-state index contributed by atoms with van der Waals surface area (Å²) in [5.41, 5.74) is 7.89. The molecule has 0 aliphatic carbocycles. The summed E-state index contributed by atoms with van der Waals surface area (Å²) in [4.78, 5) is 11.4. The number of aromatic nitrogens is 2. The molecule has 1 fully saturated rings. The van der Waals surface area contributed by atoms with Crippen molar-refractivity contribution >= 4 is 5.82 Å². The van der Waals surface area contributed by atoms with Gasteiger partial charge in [-0.2, -0.15) is 0 Å². The third-order valence-electron chi connectivity index (χ3n) is 3.68. The van der Waals surface area contributed by atoms with E-state index >= 15 is 0 Å². The zero-order chi connectivity index (χ0) is 12.4. The molecule has 94 valence electrons. The van der Waals surface area contributed by atoms with Gasteiger partial charge in [0.15, 0.2) is 5.82 Å². The molecule has 17 heavy (non-hydrogen) atoms. The van der Waals surface area contributed by atoms with Crippen molar-refractivity contribution in [3.05, 3.63) is 17.6 Å². The van der Waals surface area contributed by atoms with Gasteiger partial charge in [0.25, 0.3) is 0 Å². The summed E-state index contributed by atoms with van der Waals surface area (Å²) in [5, 5.41) is 0. The van der Waals surface area contributed by atoms with E-state index < -0.39 is 0 Å². The van der Waals surface area contributed by atoms with Crippen molar-refractivity contribution in [1.82, 2.24) is 9.97 Å². The number of nitrogens with two attached hydrogens (primary N) is 1. The van der Waals surface area contributed by atoms with Crippen LogP contribution in [-0.4, -0.2) is 29.1 Å². The first-order chi connectivity index (χ1) is 8.13. The lowest BCUT2D eigenvalue weighted by Crippen LogP contribution is -2.49. The van der Waals surface area contributed by atoms with Gasteiger partial charge in [0, 0.05) is 25.3 Å². The van der Waals surface area contributed by atoms with E-state index in [9.17, 15) is 0 Å². The van der Waals surface area contributed by atoms with Gasteiger partial charge in [-0.1, -0.05) is 6.92 Å². The second kappa shape index (κ2) is 5.00. The Balaban J connectivity index is 2.33. The summed E-state index contributed by atoms with van der Waals surface area (Å²) >= 11 is 0. The van der Waals surface area contributed by atoms with E-state index in [1.54, 1.807) is 0 Å². The molecule has 2 atom stereocenters. The largest absolute Gasteiger partial charge is 0.351 e. The van der Waals surface area contributed by atoms with E-state index in [1.165, 1.54) is 12.8 Å². The molecule has 1 aromatic rings. The minimum atomic E-state index is 0.401. The fourth-order valence-electron chi connectivity index (χ4n) is 2.67. The summed E-state index contributed by atoms with van der Waals surface area (Å²) < 4.78 is 0. The van der Waals surface area contributed by atoms with Gasteiger partial charge in [0.05, 0.1) is 11.4 Å². The maximum atomic E-state index is 5.92. The van der Waals surface area contributed by atoms with Crippen LogP contribution in [0.25, 0.3) is 0 Å². The number of nitrogens with zero attached hydrogens (tertiary/aromatic N) is 3. The number of piperidine rings is 1. The lowest BCUT2D eigenvalue weighted by Gasteiger charge is -2.40. The molecule has 0 bridgehead atoms. The van der Waals surface area contributed by atoms with E-state index in [2.05, 4.69) is 21.8 Å². The molecule has 0 spiro atoms. The summed E-state index contributed by atoms with van der Waals surface area (Å²) in [6.07, 6.45) is 4.30. The van der Waals surface area contributed by atoms with Crippen molar-refractivity contribution in [1.29, 1.82) is 0 Å². The summed E-state index contributed by atoms with van der Waals surface area (Å²) in [6.45, 7) is 8.03. The second-order valence-corrected chi connectivity index (χ2v) is 5.04. The van der Waals surface area contributed by atoms with Crippen LogP contribution < -0.4 is 10.6 Å². The third-order valence-corrected chi connectivity index (χ3v) is 3.68. The fraction of sp³-hybridized carbons (Fsp3) is 0.692. The van der Waals surface area contributed by atoms with E-state index in [0.717, 1.165) is 23.8 Å². The molecule has 2 N–H and O–H groups in total. The van der Waals surface area contributed by atoms with E-state index in [4.69, 9.17) is 5.73 Å². The monoisotopic (exact) mass is 234 g/mol. The Hall–Kier alpha value is -1.16. The van der Waals surface area contributed by atoms with Gasteiger partial charge in [-0.3, -0.25) is 4.98 Å². The van der Waals surface area contributed by atoms with E-state index in [0.29, 0.717) is 18.5 Å². The molecule has 1 aliphatic heterocycles. The number of hydrogen-bond donors (Lipinski definition) is 1. The Labute approximate surface area is 103 Å². The Bertz CT molecular complexity index is 391. The van der Waals surface area contributed by atoms with Crippen LogP contribution in [0.5, 0.6) is 0 Å². The smallest absolute Gasteiger partial charge is 0.150 e. The predicted octanol–water partition coefficient (Wildman–Crippen LogP) is 1.66. The molecule has 4 heteroatoms. The number of hydrogen-bond acceptors (Lipinski definition) is 4. The minimum absolute atomic E-state index is 0.401. The number of anilines is 1. The van der Waals surface area contributed by atoms with Gasteiger partial charge in [0.1, 0.15) is 0 Å². The predicted molar refractivity (Wildman–Crippen MR) is 70.1 cm³/mol. The molecule has 4 nitrogen and oxygen atoms in total. The molecule has 2 unspecified atom stereocenters.